The molecule has 0 bridgehead atoms. The summed E-state index contributed by atoms with van der Waals surface area (Å²) in [7, 11) is -2.08. The van der Waals surface area contributed by atoms with Crippen LogP contribution in [0.4, 0.5) is 4.39 Å². The molecule has 1 heterocycles. The van der Waals surface area contributed by atoms with Crippen molar-refractivity contribution in [2.24, 2.45) is 0 Å². The van der Waals surface area contributed by atoms with Crippen LogP contribution in [0.15, 0.2) is 23.1 Å². The van der Waals surface area contributed by atoms with Gasteiger partial charge in [-0.05, 0) is 44.6 Å². The molecule has 1 atom stereocenters. The zero-order chi connectivity index (χ0) is 15.6. The van der Waals surface area contributed by atoms with Gasteiger partial charge in [0.15, 0.2) is 0 Å². The SMILES string of the molecule is CN1CCCC1CNS(=O)(=O)c1ccc(C(=O)O)cc1F. The number of hydrogen-bond donors (Lipinski definition) is 2. The zero-order valence-corrected chi connectivity index (χ0v) is 12.4. The van der Waals surface area contributed by atoms with Crippen molar-refractivity contribution in [1.82, 2.24) is 9.62 Å². The van der Waals surface area contributed by atoms with Crippen molar-refractivity contribution >= 4 is 16.0 Å². The molecule has 1 aliphatic heterocycles. The van der Waals surface area contributed by atoms with E-state index in [-0.39, 0.29) is 18.2 Å². The first-order valence-electron chi connectivity index (χ1n) is 6.54. The number of nitrogens with one attached hydrogen (secondary N) is 1. The van der Waals surface area contributed by atoms with E-state index in [0.29, 0.717) is 6.07 Å². The van der Waals surface area contributed by atoms with Crippen LogP contribution in [0.1, 0.15) is 23.2 Å². The van der Waals surface area contributed by atoms with Gasteiger partial charge in [-0.15, -0.1) is 0 Å². The third-order valence-corrected chi connectivity index (χ3v) is 5.11. The number of carboxylic acids is 1. The first-order chi connectivity index (χ1) is 9.81. The van der Waals surface area contributed by atoms with Gasteiger partial charge in [-0.3, -0.25) is 0 Å². The number of rotatable bonds is 5. The number of likely N-dealkylation sites (tertiary alicyclic amines) is 1. The van der Waals surface area contributed by atoms with Gasteiger partial charge in [-0.1, -0.05) is 0 Å². The van der Waals surface area contributed by atoms with E-state index in [1.165, 1.54) is 0 Å². The molecule has 116 valence electrons. The average molecular weight is 316 g/mol. The van der Waals surface area contributed by atoms with Crippen LogP contribution in [-0.4, -0.2) is 50.6 Å². The van der Waals surface area contributed by atoms with Gasteiger partial charge in [-0.2, -0.15) is 0 Å². The van der Waals surface area contributed by atoms with Crippen LogP contribution in [0.25, 0.3) is 0 Å². The lowest BCUT2D eigenvalue weighted by Gasteiger charge is -2.19. The highest BCUT2D eigenvalue weighted by Gasteiger charge is 2.25. The molecule has 1 fully saturated rings. The zero-order valence-electron chi connectivity index (χ0n) is 11.5. The number of sulfonamides is 1. The summed E-state index contributed by atoms with van der Waals surface area (Å²) in [5.74, 6) is -2.37. The molecule has 1 aromatic carbocycles. The van der Waals surface area contributed by atoms with Crippen LogP contribution >= 0.6 is 0 Å². The first-order valence-corrected chi connectivity index (χ1v) is 8.02. The highest BCUT2D eigenvalue weighted by atomic mass is 32.2. The summed E-state index contributed by atoms with van der Waals surface area (Å²) in [5, 5.41) is 8.74. The Labute approximate surface area is 122 Å². The largest absolute Gasteiger partial charge is 0.478 e. The van der Waals surface area contributed by atoms with E-state index in [0.717, 1.165) is 31.5 Å². The molecule has 0 aromatic heterocycles. The number of carbonyl (C=O) groups is 1. The van der Waals surface area contributed by atoms with Crippen molar-refractivity contribution in [3.8, 4) is 0 Å². The lowest BCUT2D eigenvalue weighted by molar-refractivity contribution is 0.0696. The topological polar surface area (TPSA) is 86.7 Å². The second-order valence-electron chi connectivity index (χ2n) is 5.08. The van der Waals surface area contributed by atoms with Crippen LogP contribution in [0.2, 0.25) is 0 Å². The predicted molar refractivity (Wildman–Crippen MR) is 74.2 cm³/mol. The van der Waals surface area contributed by atoms with Gasteiger partial charge in [0.25, 0.3) is 0 Å². The molecule has 6 nitrogen and oxygen atoms in total. The summed E-state index contributed by atoms with van der Waals surface area (Å²) in [5.41, 5.74) is -0.290. The maximum atomic E-state index is 13.8. The van der Waals surface area contributed by atoms with Crippen molar-refractivity contribution in [2.45, 2.75) is 23.8 Å². The highest BCUT2D eigenvalue weighted by Crippen LogP contribution is 2.18. The number of aromatic carboxylic acids is 1. The number of nitrogens with zero attached hydrogens (tertiary/aromatic N) is 1. The van der Waals surface area contributed by atoms with Gasteiger partial charge in [0.2, 0.25) is 10.0 Å². The molecular formula is C13H17FN2O4S. The minimum Gasteiger partial charge on any atom is -0.478 e. The van der Waals surface area contributed by atoms with Gasteiger partial charge in [0, 0.05) is 12.6 Å². The molecule has 0 radical (unpaired) electrons. The number of likely N-dealkylation sites (N-methyl/N-ethyl adjacent to an activating group) is 1. The summed E-state index contributed by atoms with van der Waals surface area (Å²) in [4.78, 5) is 12.2. The third kappa shape index (κ3) is 3.58. The maximum Gasteiger partial charge on any atom is 0.335 e. The van der Waals surface area contributed by atoms with E-state index < -0.39 is 26.7 Å². The van der Waals surface area contributed by atoms with Crippen LogP contribution in [0.3, 0.4) is 0 Å². The Kier molecular flexibility index (Phi) is 4.60. The molecular weight excluding hydrogens is 299 g/mol. The Morgan fingerprint density at radius 3 is 2.76 bits per heavy atom. The minimum atomic E-state index is -3.99. The Bertz CT molecular complexity index is 648. The van der Waals surface area contributed by atoms with Crippen molar-refractivity contribution in [1.29, 1.82) is 0 Å². The van der Waals surface area contributed by atoms with E-state index in [4.69, 9.17) is 5.11 Å². The molecule has 1 aliphatic rings. The highest BCUT2D eigenvalue weighted by molar-refractivity contribution is 7.89. The maximum absolute atomic E-state index is 13.8. The summed E-state index contributed by atoms with van der Waals surface area (Å²) in [6, 6.07) is 2.85. The van der Waals surface area contributed by atoms with E-state index in [1.54, 1.807) is 0 Å². The Balaban J connectivity index is 2.14. The van der Waals surface area contributed by atoms with Crippen molar-refractivity contribution in [2.75, 3.05) is 20.1 Å². The molecule has 0 saturated carbocycles. The van der Waals surface area contributed by atoms with E-state index >= 15 is 0 Å². The van der Waals surface area contributed by atoms with Crippen LogP contribution in [-0.2, 0) is 10.0 Å². The lowest BCUT2D eigenvalue weighted by atomic mass is 10.2. The fourth-order valence-corrected chi connectivity index (χ4v) is 3.50. The van der Waals surface area contributed by atoms with Crippen molar-refractivity contribution in [3.05, 3.63) is 29.6 Å². The standard InChI is InChI=1S/C13H17FN2O4S/c1-16-6-2-3-10(16)8-15-21(19,20)12-5-4-9(13(17)18)7-11(12)14/h4-5,7,10,15H,2-3,6,8H2,1H3,(H,17,18). The molecule has 2 rings (SSSR count). The van der Waals surface area contributed by atoms with Crippen molar-refractivity contribution in [3.63, 3.8) is 0 Å². The quantitative estimate of drug-likeness (QED) is 0.843. The Morgan fingerprint density at radius 1 is 1.52 bits per heavy atom. The monoisotopic (exact) mass is 316 g/mol. The summed E-state index contributed by atoms with van der Waals surface area (Å²) >= 11 is 0. The van der Waals surface area contributed by atoms with Crippen LogP contribution in [0, 0.1) is 5.82 Å². The number of benzene rings is 1. The van der Waals surface area contributed by atoms with Crippen LogP contribution in [0.5, 0.6) is 0 Å². The van der Waals surface area contributed by atoms with Gasteiger partial charge < -0.3 is 10.0 Å². The minimum absolute atomic E-state index is 0.0983. The summed E-state index contributed by atoms with van der Waals surface area (Å²) in [6.07, 6.45) is 1.89. The molecule has 0 amide bonds. The molecule has 0 spiro atoms. The Morgan fingerprint density at radius 2 is 2.24 bits per heavy atom. The van der Waals surface area contributed by atoms with E-state index in [2.05, 4.69) is 4.72 Å². The molecule has 8 heteroatoms. The number of halogens is 1. The van der Waals surface area contributed by atoms with Gasteiger partial charge >= 0.3 is 5.97 Å². The average Bonchev–Trinajstić information content (AvgIpc) is 2.81. The van der Waals surface area contributed by atoms with Gasteiger partial charge in [0.05, 0.1) is 5.56 Å². The van der Waals surface area contributed by atoms with Gasteiger partial charge in [-0.25, -0.2) is 22.3 Å². The molecule has 1 unspecified atom stereocenters. The van der Waals surface area contributed by atoms with Crippen molar-refractivity contribution < 1.29 is 22.7 Å². The van der Waals surface area contributed by atoms with Crippen LogP contribution < -0.4 is 4.72 Å². The third-order valence-electron chi connectivity index (χ3n) is 3.65. The second kappa shape index (κ2) is 6.08. The molecule has 1 saturated heterocycles. The smallest absolute Gasteiger partial charge is 0.335 e. The number of hydrogen-bond acceptors (Lipinski definition) is 4. The predicted octanol–water partition coefficient (Wildman–Crippen LogP) is 0.896. The molecule has 2 N–H and O–H groups in total. The normalized spacial score (nSPS) is 19.8. The van der Waals surface area contributed by atoms with E-state index in [9.17, 15) is 17.6 Å². The number of carboxylic acid groups (broad SMARTS) is 1. The fraction of sp³-hybridized carbons (Fsp3) is 0.462. The molecule has 21 heavy (non-hydrogen) atoms. The fourth-order valence-electron chi connectivity index (χ4n) is 2.37. The molecule has 1 aromatic rings. The van der Waals surface area contributed by atoms with E-state index in [1.807, 2.05) is 11.9 Å². The summed E-state index contributed by atoms with van der Waals surface area (Å²) in [6.45, 7) is 1.12. The summed E-state index contributed by atoms with van der Waals surface area (Å²) < 4.78 is 40.3. The first kappa shape index (κ1) is 15.9. The lowest BCUT2D eigenvalue weighted by Crippen LogP contribution is -2.38. The Hall–Kier alpha value is -1.51. The second-order valence-corrected chi connectivity index (χ2v) is 6.81. The van der Waals surface area contributed by atoms with Gasteiger partial charge in [0.1, 0.15) is 10.7 Å². The molecule has 0 aliphatic carbocycles.